The van der Waals surface area contributed by atoms with Gasteiger partial charge in [0.2, 0.25) is 5.91 Å². The number of amides is 1. The SMILES string of the molecule is O=C(Cc1cccc(C(F)(F)F)c1)NC[C@H](c1ccccc1)N1CCOCC1. The molecule has 0 spiro atoms. The van der Waals surface area contributed by atoms with Crippen molar-refractivity contribution >= 4 is 5.91 Å². The minimum Gasteiger partial charge on any atom is -0.379 e. The van der Waals surface area contributed by atoms with E-state index in [1.165, 1.54) is 12.1 Å². The normalized spacial score (nSPS) is 16.5. The summed E-state index contributed by atoms with van der Waals surface area (Å²) in [5.74, 6) is -0.298. The van der Waals surface area contributed by atoms with E-state index in [1.54, 1.807) is 0 Å². The van der Waals surface area contributed by atoms with Crippen LogP contribution in [0.4, 0.5) is 13.2 Å². The molecule has 0 saturated carbocycles. The van der Waals surface area contributed by atoms with Crippen molar-refractivity contribution in [3.8, 4) is 0 Å². The standard InChI is InChI=1S/C21H23F3N2O2/c22-21(23,24)18-8-4-5-16(13-18)14-20(27)25-15-19(17-6-2-1-3-7-17)26-9-11-28-12-10-26/h1-8,13,19H,9-12,14-15H2,(H,25,27)/t19-/m1/s1. The number of rotatable bonds is 6. The lowest BCUT2D eigenvalue weighted by Crippen LogP contribution is -2.44. The molecule has 0 aromatic heterocycles. The number of nitrogens with one attached hydrogen (secondary N) is 1. The number of carbonyl (C=O) groups is 1. The molecule has 0 unspecified atom stereocenters. The smallest absolute Gasteiger partial charge is 0.379 e. The average molecular weight is 392 g/mol. The van der Waals surface area contributed by atoms with Crippen LogP contribution in [0.15, 0.2) is 54.6 Å². The fourth-order valence-corrected chi connectivity index (χ4v) is 3.34. The second-order valence-electron chi connectivity index (χ2n) is 6.75. The van der Waals surface area contributed by atoms with Gasteiger partial charge in [-0.1, -0.05) is 48.5 Å². The van der Waals surface area contributed by atoms with Crippen LogP contribution < -0.4 is 5.32 Å². The molecule has 7 heteroatoms. The van der Waals surface area contributed by atoms with Crippen LogP contribution in [0.1, 0.15) is 22.7 Å². The van der Waals surface area contributed by atoms with Crippen molar-refractivity contribution in [1.29, 1.82) is 0 Å². The Morgan fingerprint density at radius 3 is 2.46 bits per heavy atom. The molecule has 2 aromatic rings. The number of alkyl halides is 3. The lowest BCUT2D eigenvalue weighted by Gasteiger charge is -2.35. The fourth-order valence-electron chi connectivity index (χ4n) is 3.34. The molecular weight excluding hydrogens is 369 g/mol. The highest BCUT2D eigenvalue weighted by atomic mass is 19.4. The number of carbonyl (C=O) groups excluding carboxylic acids is 1. The van der Waals surface area contributed by atoms with Gasteiger partial charge in [0.05, 0.1) is 31.2 Å². The van der Waals surface area contributed by atoms with Gasteiger partial charge in [-0.3, -0.25) is 9.69 Å². The molecule has 3 rings (SSSR count). The number of hydrogen-bond acceptors (Lipinski definition) is 3. The monoisotopic (exact) mass is 392 g/mol. The average Bonchev–Trinajstić information content (AvgIpc) is 2.69. The maximum absolute atomic E-state index is 12.8. The molecule has 150 valence electrons. The van der Waals surface area contributed by atoms with Gasteiger partial charge in [-0.25, -0.2) is 0 Å². The van der Waals surface area contributed by atoms with Crippen molar-refractivity contribution in [3.63, 3.8) is 0 Å². The molecular formula is C21H23F3N2O2. The van der Waals surface area contributed by atoms with Crippen molar-refractivity contribution in [2.45, 2.75) is 18.6 Å². The predicted molar refractivity (Wildman–Crippen MR) is 99.7 cm³/mol. The van der Waals surface area contributed by atoms with E-state index in [4.69, 9.17) is 4.74 Å². The van der Waals surface area contributed by atoms with E-state index in [0.29, 0.717) is 25.3 Å². The first-order valence-electron chi connectivity index (χ1n) is 9.23. The molecule has 1 amide bonds. The number of nitrogens with zero attached hydrogens (tertiary/aromatic N) is 1. The van der Waals surface area contributed by atoms with E-state index in [0.717, 1.165) is 30.8 Å². The zero-order chi connectivity index (χ0) is 20.0. The van der Waals surface area contributed by atoms with E-state index in [1.807, 2.05) is 30.3 Å². The third-order valence-electron chi connectivity index (χ3n) is 4.78. The fraction of sp³-hybridized carbons (Fsp3) is 0.381. The Morgan fingerprint density at radius 2 is 1.79 bits per heavy atom. The summed E-state index contributed by atoms with van der Waals surface area (Å²) in [5, 5.41) is 2.88. The van der Waals surface area contributed by atoms with Crippen LogP contribution in [0.5, 0.6) is 0 Å². The summed E-state index contributed by atoms with van der Waals surface area (Å²) in [6.07, 6.45) is -4.50. The molecule has 0 radical (unpaired) electrons. The van der Waals surface area contributed by atoms with E-state index in [2.05, 4.69) is 10.2 Å². The molecule has 4 nitrogen and oxygen atoms in total. The lowest BCUT2D eigenvalue weighted by molar-refractivity contribution is -0.137. The van der Waals surface area contributed by atoms with Gasteiger partial charge in [0, 0.05) is 19.6 Å². The van der Waals surface area contributed by atoms with E-state index < -0.39 is 11.7 Å². The van der Waals surface area contributed by atoms with Crippen molar-refractivity contribution in [1.82, 2.24) is 10.2 Å². The topological polar surface area (TPSA) is 41.6 Å². The summed E-state index contributed by atoms with van der Waals surface area (Å²) in [5.41, 5.74) is 0.687. The first-order chi connectivity index (χ1) is 13.4. The van der Waals surface area contributed by atoms with Gasteiger partial charge in [0.1, 0.15) is 0 Å². The van der Waals surface area contributed by atoms with Gasteiger partial charge in [0.15, 0.2) is 0 Å². The van der Waals surface area contributed by atoms with E-state index in [-0.39, 0.29) is 18.4 Å². The minimum atomic E-state index is -4.42. The highest BCUT2D eigenvalue weighted by Gasteiger charge is 2.30. The third kappa shape index (κ3) is 5.56. The number of benzene rings is 2. The van der Waals surface area contributed by atoms with E-state index in [9.17, 15) is 18.0 Å². The molecule has 1 aliphatic rings. The number of hydrogen-bond donors (Lipinski definition) is 1. The first kappa shape index (κ1) is 20.4. The van der Waals surface area contributed by atoms with Gasteiger partial charge >= 0.3 is 6.18 Å². The minimum absolute atomic E-state index is 0.00411. The predicted octanol–water partition coefficient (Wildman–Crippen LogP) is 3.44. The molecule has 1 N–H and O–H groups in total. The van der Waals surface area contributed by atoms with Crippen LogP contribution in [0, 0.1) is 0 Å². The highest BCUT2D eigenvalue weighted by Crippen LogP contribution is 2.29. The van der Waals surface area contributed by atoms with Gasteiger partial charge < -0.3 is 10.1 Å². The Kier molecular flexibility index (Phi) is 6.70. The third-order valence-corrected chi connectivity index (χ3v) is 4.78. The summed E-state index contributed by atoms with van der Waals surface area (Å²) >= 11 is 0. The van der Waals surface area contributed by atoms with Crippen molar-refractivity contribution in [2.75, 3.05) is 32.8 Å². The molecule has 0 aliphatic carbocycles. The van der Waals surface area contributed by atoms with Gasteiger partial charge in [-0.15, -0.1) is 0 Å². The van der Waals surface area contributed by atoms with Crippen molar-refractivity contribution in [3.05, 3.63) is 71.3 Å². The van der Waals surface area contributed by atoms with Crippen LogP contribution in [-0.2, 0) is 22.1 Å². The number of halogens is 3. The van der Waals surface area contributed by atoms with Gasteiger partial charge in [-0.05, 0) is 17.2 Å². The molecule has 2 aromatic carbocycles. The van der Waals surface area contributed by atoms with Crippen molar-refractivity contribution < 1.29 is 22.7 Å². The molecule has 1 fully saturated rings. The Labute approximate surface area is 162 Å². The number of morpholine rings is 1. The zero-order valence-corrected chi connectivity index (χ0v) is 15.4. The number of ether oxygens (including phenoxy) is 1. The Bertz CT molecular complexity index is 775. The molecule has 28 heavy (non-hydrogen) atoms. The molecule has 1 atom stereocenters. The van der Waals surface area contributed by atoms with Crippen LogP contribution >= 0.6 is 0 Å². The molecule has 1 aliphatic heterocycles. The summed E-state index contributed by atoms with van der Waals surface area (Å²) in [4.78, 5) is 14.6. The molecule has 0 bridgehead atoms. The van der Waals surface area contributed by atoms with E-state index >= 15 is 0 Å². The largest absolute Gasteiger partial charge is 0.416 e. The summed E-state index contributed by atoms with van der Waals surface area (Å²) in [6, 6.07) is 14.7. The second kappa shape index (κ2) is 9.21. The Balaban J connectivity index is 1.64. The summed E-state index contributed by atoms with van der Waals surface area (Å²) in [6.45, 7) is 3.21. The quantitative estimate of drug-likeness (QED) is 0.819. The Morgan fingerprint density at radius 1 is 1.07 bits per heavy atom. The maximum atomic E-state index is 12.8. The van der Waals surface area contributed by atoms with Crippen molar-refractivity contribution in [2.24, 2.45) is 0 Å². The lowest BCUT2D eigenvalue weighted by atomic mass is 10.0. The Hall–Kier alpha value is -2.38. The van der Waals surface area contributed by atoms with Gasteiger partial charge in [-0.2, -0.15) is 13.2 Å². The first-order valence-corrected chi connectivity index (χ1v) is 9.23. The van der Waals surface area contributed by atoms with Gasteiger partial charge in [0.25, 0.3) is 0 Å². The van der Waals surface area contributed by atoms with Crippen LogP contribution in [0.25, 0.3) is 0 Å². The maximum Gasteiger partial charge on any atom is 0.416 e. The zero-order valence-electron chi connectivity index (χ0n) is 15.4. The van der Waals surface area contributed by atoms with Crippen LogP contribution in [-0.4, -0.2) is 43.7 Å². The highest BCUT2D eigenvalue weighted by molar-refractivity contribution is 5.78. The molecule has 1 saturated heterocycles. The molecule has 1 heterocycles. The summed E-state index contributed by atoms with van der Waals surface area (Å²) in [7, 11) is 0. The second-order valence-corrected chi connectivity index (χ2v) is 6.75. The van der Waals surface area contributed by atoms with Crippen LogP contribution in [0.3, 0.4) is 0 Å². The summed E-state index contributed by atoms with van der Waals surface area (Å²) < 4.78 is 43.9. The van der Waals surface area contributed by atoms with Crippen LogP contribution in [0.2, 0.25) is 0 Å².